The summed E-state index contributed by atoms with van der Waals surface area (Å²) in [4.78, 5) is 0. The molecule has 1 fully saturated rings. The van der Waals surface area contributed by atoms with Gasteiger partial charge in [0.15, 0.2) is 0 Å². The van der Waals surface area contributed by atoms with E-state index in [0.29, 0.717) is 0 Å². The molecule has 1 aliphatic rings. The van der Waals surface area contributed by atoms with Crippen molar-refractivity contribution in [2.45, 2.75) is 25.8 Å². The first kappa shape index (κ1) is 11.5. The van der Waals surface area contributed by atoms with E-state index in [9.17, 15) is 0 Å². The number of rotatable bonds is 5. The summed E-state index contributed by atoms with van der Waals surface area (Å²) in [5, 5.41) is 5.99. The molecule has 0 saturated heterocycles. The predicted octanol–water partition coefficient (Wildman–Crippen LogP) is 3.31. The van der Waals surface area contributed by atoms with Gasteiger partial charge in [0.2, 0.25) is 0 Å². The van der Waals surface area contributed by atoms with Gasteiger partial charge in [-0.15, -0.1) is 0 Å². The Morgan fingerprint density at radius 2 is 1.83 bits per heavy atom. The fourth-order valence-corrected chi connectivity index (χ4v) is 2.39. The highest BCUT2D eigenvalue weighted by atomic mass is 14.9. The van der Waals surface area contributed by atoms with E-state index in [-0.39, 0.29) is 0 Å². The summed E-state index contributed by atoms with van der Waals surface area (Å²) in [6, 6.07) is 12.7. The first-order chi connectivity index (χ1) is 8.83. The van der Waals surface area contributed by atoms with Gasteiger partial charge in [-0.3, -0.25) is 0 Å². The average molecular weight is 240 g/mol. The van der Waals surface area contributed by atoms with Gasteiger partial charge in [-0.1, -0.05) is 37.1 Å². The molecule has 3 N–H and O–H groups in total. The van der Waals surface area contributed by atoms with Crippen LogP contribution in [0.2, 0.25) is 0 Å². The van der Waals surface area contributed by atoms with E-state index in [4.69, 9.17) is 5.73 Å². The van der Waals surface area contributed by atoms with Crippen LogP contribution in [0.15, 0.2) is 36.4 Å². The summed E-state index contributed by atoms with van der Waals surface area (Å²) in [5.74, 6) is 0.992. The minimum Gasteiger partial charge on any atom is -0.398 e. The quantitative estimate of drug-likeness (QED) is 0.621. The highest BCUT2D eigenvalue weighted by Gasteiger charge is 2.19. The van der Waals surface area contributed by atoms with Crippen molar-refractivity contribution >= 4 is 16.5 Å². The van der Waals surface area contributed by atoms with Gasteiger partial charge in [-0.05, 0) is 47.4 Å². The van der Waals surface area contributed by atoms with Crippen LogP contribution in [0.4, 0.5) is 5.69 Å². The largest absolute Gasteiger partial charge is 0.398 e. The lowest BCUT2D eigenvalue weighted by molar-refractivity contribution is 0.614. The molecule has 0 unspecified atom stereocenters. The number of nitrogen functional groups attached to an aromatic ring is 1. The van der Waals surface area contributed by atoms with Gasteiger partial charge in [-0.25, -0.2) is 0 Å². The lowest BCUT2D eigenvalue weighted by Gasteiger charge is -2.09. The molecule has 1 saturated carbocycles. The fourth-order valence-electron chi connectivity index (χ4n) is 2.39. The van der Waals surface area contributed by atoms with Crippen molar-refractivity contribution in [1.82, 2.24) is 5.32 Å². The fraction of sp³-hybridized carbons (Fsp3) is 0.375. The predicted molar refractivity (Wildman–Crippen MR) is 77.4 cm³/mol. The van der Waals surface area contributed by atoms with E-state index in [2.05, 4.69) is 41.7 Å². The molecule has 0 aromatic heterocycles. The maximum atomic E-state index is 6.10. The van der Waals surface area contributed by atoms with Crippen molar-refractivity contribution in [2.24, 2.45) is 5.92 Å². The van der Waals surface area contributed by atoms with Gasteiger partial charge in [0.05, 0.1) is 0 Å². The van der Waals surface area contributed by atoms with E-state index in [0.717, 1.165) is 24.7 Å². The number of fused-ring (bicyclic) bond motifs is 1. The zero-order valence-corrected chi connectivity index (χ0v) is 10.7. The highest BCUT2D eigenvalue weighted by Crippen LogP contribution is 2.31. The third-order valence-electron chi connectivity index (χ3n) is 3.75. The van der Waals surface area contributed by atoms with Gasteiger partial charge in [0.25, 0.3) is 0 Å². The van der Waals surface area contributed by atoms with Crippen LogP contribution in [0.1, 0.15) is 24.8 Å². The summed E-state index contributed by atoms with van der Waals surface area (Å²) < 4.78 is 0. The Kier molecular flexibility index (Phi) is 3.20. The summed E-state index contributed by atoms with van der Waals surface area (Å²) in [6.45, 7) is 1.99. The van der Waals surface area contributed by atoms with Gasteiger partial charge >= 0.3 is 0 Å². The van der Waals surface area contributed by atoms with E-state index in [1.807, 2.05) is 0 Å². The Labute approximate surface area is 108 Å². The number of nitrogens with two attached hydrogens (primary N) is 1. The number of hydrogen-bond donors (Lipinski definition) is 2. The van der Waals surface area contributed by atoms with Crippen molar-refractivity contribution in [2.75, 3.05) is 12.3 Å². The van der Waals surface area contributed by atoms with Crippen molar-refractivity contribution in [3.63, 3.8) is 0 Å². The Bertz CT molecular complexity index is 544. The zero-order chi connectivity index (χ0) is 12.4. The SMILES string of the molecule is Nc1cc2ccccc2cc1CNCCC1CC1. The van der Waals surface area contributed by atoms with Crippen molar-refractivity contribution in [3.8, 4) is 0 Å². The van der Waals surface area contributed by atoms with Crippen molar-refractivity contribution < 1.29 is 0 Å². The Hall–Kier alpha value is -1.54. The van der Waals surface area contributed by atoms with Crippen LogP contribution in [0, 0.1) is 5.92 Å². The maximum absolute atomic E-state index is 6.10. The third-order valence-corrected chi connectivity index (χ3v) is 3.75. The monoisotopic (exact) mass is 240 g/mol. The van der Waals surface area contributed by atoms with Gasteiger partial charge in [0, 0.05) is 12.2 Å². The van der Waals surface area contributed by atoms with Crippen LogP contribution >= 0.6 is 0 Å². The van der Waals surface area contributed by atoms with E-state index >= 15 is 0 Å². The number of nitrogens with one attached hydrogen (secondary N) is 1. The number of anilines is 1. The van der Waals surface area contributed by atoms with Gasteiger partial charge < -0.3 is 11.1 Å². The molecule has 1 aliphatic carbocycles. The number of benzene rings is 2. The standard InChI is InChI=1S/C16H20N2/c17-16-10-14-4-2-1-3-13(14)9-15(16)11-18-8-7-12-5-6-12/h1-4,9-10,12,18H,5-8,11,17H2. The minimum absolute atomic E-state index is 0.878. The van der Waals surface area contributed by atoms with Crippen LogP contribution in [0.25, 0.3) is 10.8 Å². The van der Waals surface area contributed by atoms with Crippen molar-refractivity contribution in [3.05, 3.63) is 42.0 Å². The Balaban J connectivity index is 1.68. The molecule has 2 aromatic carbocycles. The molecule has 0 atom stereocenters. The molecule has 0 heterocycles. The topological polar surface area (TPSA) is 38.0 Å². The molecule has 0 radical (unpaired) electrons. The normalized spacial score (nSPS) is 15.1. The molecular formula is C16H20N2. The molecular weight excluding hydrogens is 220 g/mol. The molecule has 0 spiro atoms. The molecule has 0 amide bonds. The van der Waals surface area contributed by atoms with Crippen LogP contribution < -0.4 is 11.1 Å². The van der Waals surface area contributed by atoms with E-state index in [1.54, 1.807) is 0 Å². The summed E-state index contributed by atoms with van der Waals surface area (Å²) in [7, 11) is 0. The Morgan fingerprint density at radius 3 is 2.56 bits per heavy atom. The number of hydrogen-bond acceptors (Lipinski definition) is 2. The van der Waals surface area contributed by atoms with Crippen molar-refractivity contribution in [1.29, 1.82) is 0 Å². The highest BCUT2D eigenvalue weighted by molar-refractivity contribution is 5.86. The second-order valence-corrected chi connectivity index (χ2v) is 5.31. The molecule has 0 aliphatic heterocycles. The summed E-state index contributed by atoms with van der Waals surface area (Å²) in [6.07, 6.45) is 4.17. The minimum atomic E-state index is 0.878. The van der Waals surface area contributed by atoms with Gasteiger partial charge in [0.1, 0.15) is 0 Å². The molecule has 2 nitrogen and oxygen atoms in total. The zero-order valence-electron chi connectivity index (χ0n) is 10.7. The molecule has 0 bridgehead atoms. The molecule has 18 heavy (non-hydrogen) atoms. The van der Waals surface area contributed by atoms with Crippen LogP contribution in [-0.2, 0) is 6.54 Å². The Morgan fingerprint density at radius 1 is 1.11 bits per heavy atom. The van der Waals surface area contributed by atoms with Crippen LogP contribution in [-0.4, -0.2) is 6.54 Å². The molecule has 2 heteroatoms. The van der Waals surface area contributed by atoms with E-state index < -0.39 is 0 Å². The third kappa shape index (κ3) is 2.65. The lowest BCUT2D eigenvalue weighted by atomic mass is 10.1. The second-order valence-electron chi connectivity index (χ2n) is 5.31. The smallest absolute Gasteiger partial charge is 0.0366 e. The van der Waals surface area contributed by atoms with E-state index in [1.165, 1.54) is 35.6 Å². The first-order valence-electron chi connectivity index (χ1n) is 6.81. The van der Waals surface area contributed by atoms with Crippen LogP contribution in [0.3, 0.4) is 0 Å². The lowest BCUT2D eigenvalue weighted by Crippen LogP contribution is -2.16. The summed E-state index contributed by atoms with van der Waals surface area (Å²) in [5.41, 5.74) is 8.21. The van der Waals surface area contributed by atoms with Crippen LogP contribution in [0.5, 0.6) is 0 Å². The summed E-state index contributed by atoms with van der Waals surface area (Å²) >= 11 is 0. The van der Waals surface area contributed by atoms with Gasteiger partial charge in [-0.2, -0.15) is 0 Å². The second kappa shape index (κ2) is 4.99. The maximum Gasteiger partial charge on any atom is 0.0366 e. The molecule has 2 aromatic rings. The average Bonchev–Trinajstić information content (AvgIpc) is 3.19. The molecule has 94 valence electrons. The molecule has 3 rings (SSSR count). The first-order valence-corrected chi connectivity index (χ1v) is 6.81.